The van der Waals surface area contributed by atoms with Crippen LogP contribution in [0.25, 0.3) is 0 Å². The van der Waals surface area contributed by atoms with E-state index in [1.807, 2.05) is 12.1 Å². The number of ether oxygens (including phenoxy) is 1. The maximum atomic E-state index is 11.9. The number of carbonyl (C=O) groups excluding carboxylic acids is 2. The number of nitrogens with one attached hydrogen (secondary N) is 1. The molecule has 0 radical (unpaired) electrons. The summed E-state index contributed by atoms with van der Waals surface area (Å²) in [6.07, 6.45) is -0.00474. The Bertz CT molecular complexity index is 565. The third-order valence-electron chi connectivity index (χ3n) is 3.85. The lowest BCUT2D eigenvalue weighted by Gasteiger charge is -2.35. The average Bonchev–Trinajstić information content (AvgIpc) is 2.44. The van der Waals surface area contributed by atoms with Crippen molar-refractivity contribution >= 4 is 17.6 Å². The van der Waals surface area contributed by atoms with Crippen molar-refractivity contribution < 1.29 is 19.4 Å². The van der Waals surface area contributed by atoms with Crippen molar-refractivity contribution in [3.8, 4) is 0 Å². The van der Waals surface area contributed by atoms with Crippen LogP contribution in [0.4, 0.5) is 5.69 Å². The fourth-order valence-corrected chi connectivity index (χ4v) is 2.38. The molecule has 1 heterocycles. The first-order valence-electron chi connectivity index (χ1n) is 7.14. The van der Waals surface area contributed by atoms with Gasteiger partial charge in [-0.1, -0.05) is 12.1 Å². The molecule has 2 N–H and O–H groups in total. The quantitative estimate of drug-likeness (QED) is 0.834. The lowest BCUT2D eigenvalue weighted by Crippen LogP contribution is -2.40. The van der Waals surface area contributed by atoms with Crippen LogP contribution in [0, 0.1) is 5.41 Å². The van der Waals surface area contributed by atoms with Crippen molar-refractivity contribution in [3.05, 3.63) is 29.3 Å². The Morgan fingerprint density at radius 2 is 2.14 bits per heavy atom. The van der Waals surface area contributed by atoms with Crippen molar-refractivity contribution in [2.24, 2.45) is 5.41 Å². The van der Waals surface area contributed by atoms with Gasteiger partial charge in [0.2, 0.25) is 5.91 Å². The Hall–Kier alpha value is -1.88. The molecule has 1 amide bonds. The van der Waals surface area contributed by atoms with Crippen LogP contribution in [0.2, 0.25) is 0 Å². The minimum atomic E-state index is -0.868. The van der Waals surface area contributed by atoms with E-state index in [-0.39, 0.29) is 11.9 Å². The van der Waals surface area contributed by atoms with E-state index >= 15 is 0 Å². The average molecular weight is 291 g/mol. The summed E-state index contributed by atoms with van der Waals surface area (Å²) in [4.78, 5) is 23.3. The summed E-state index contributed by atoms with van der Waals surface area (Å²) in [5.74, 6) is -0.425. The standard InChI is InChI=1S/C16H21NO4/c1-4-21-13(18)8-6-10-5-7-12-11(9-10)14(19)16(2,3)15(20)17-12/h5,7,9,14,19H,4,6,8H2,1-3H3,(H,17,20)/t14-/m0/s1. The SMILES string of the molecule is CCOC(=O)CCc1ccc2c(c1)[C@H](O)C(C)(C)C(=O)N2. The van der Waals surface area contributed by atoms with E-state index in [2.05, 4.69) is 5.32 Å². The molecular formula is C16H21NO4. The number of rotatable bonds is 4. The van der Waals surface area contributed by atoms with Gasteiger partial charge in [-0.3, -0.25) is 9.59 Å². The molecule has 2 rings (SSSR count). The van der Waals surface area contributed by atoms with E-state index in [0.717, 1.165) is 5.56 Å². The fraction of sp³-hybridized carbons (Fsp3) is 0.500. The number of aliphatic hydroxyl groups is 1. The highest BCUT2D eigenvalue weighted by atomic mass is 16.5. The summed E-state index contributed by atoms with van der Waals surface area (Å²) in [7, 11) is 0. The van der Waals surface area contributed by atoms with Crippen LogP contribution in [-0.4, -0.2) is 23.6 Å². The van der Waals surface area contributed by atoms with E-state index in [1.54, 1.807) is 26.8 Å². The largest absolute Gasteiger partial charge is 0.466 e. The van der Waals surface area contributed by atoms with Gasteiger partial charge in [0, 0.05) is 17.7 Å². The highest BCUT2D eigenvalue weighted by molar-refractivity contribution is 5.98. The topological polar surface area (TPSA) is 75.6 Å². The Kier molecular flexibility index (Phi) is 4.32. The smallest absolute Gasteiger partial charge is 0.306 e. The van der Waals surface area contributed by atoms with Crippen LogP contribution < -0.4 is 5.32 Å². The molecular weight excluding hydrogens is 270 g/mol. The predicted molar refractivity (Wildman–Crippen MR) is 78.8 cm³/mol. The molecule has 5 heteroatoms. The summed E-state index contributed by atoms with van der Waals surface area (Å²) in [6.45, 7) is 5.57. The Labute approximate surface area is 124 Å². The first-order chi connectivity index (χ1) is 9.86. The van der Waals surface area contributed by atoms with E-state index in [9.17, 15) is 14.7 Å². The number of aryl methyl sites for hydroxylation is 1. The lowest BCUT2D eigenvalue weighted by molar-refractivity contribution is -0.143. The number of esters is 1. The molecule has 1 aliphatic rings. The molecule has 1 aromatic carbocycles. The summed E-state index contributed by atoms with van der Waals surface area (Å²) >= 11 is 0. The van der Waals surface area contributed by atoms with Gasteiger partial charge in [-0.15, -0.1) is 0 Å². The van der Waals surface area contributed by atoms with Gasteiger partial charge in [0.05, 0.1) is 18.1 Å². The second-order valence-corrected chi connectivity index (χ2v) is 5.80. The zero-order chi connectivity index (χ0) is 15.6. The molecule has 0 bridgehead atoms. The zero-order valence-corrected chi connectivity index (χ0v) is 12.6. The van der Waals surface area contributed by atoms with Gasteiger partial charge in [0.1, 0.15) is 0 Å². The summed E-state index contributed by atoms with van der Waals surface area (Å²) < 4.78 is 4.90. The van der Waals surface area contributed by atoms with E-state index in [4.69, 9.17) is 4.74 Å². The van der Waals surface area contributed by atoms with Crippen molar-refractivity contribution in [2.45, 2.75) is 39.7 Å². The van der Waals surface area contributed by atoms with Gasteiger partial charge in [0.25, 0.3) is 0 Å². The number of hydrogen-bond donors (Lipinski definition) is 2. The lowest BCUT2D eigenvalue weighted by atomic mass is 9.78. The van der Waals surface area contributed by atoms with Crippen molar-refractivity contribution in [3.63, 3.8) is 0 Å². The molecule has 114 valence electrons. The monoisotopic (exact) mass is 291 g/mol. The van der Waals surface area contributed by atoms with Gasteiger partial charge < -0.3 is 15.2 Å². The number of amides is 1. The molecule has 1 atom stereocenters. The fourth-order valence-electron chi connectivity index (χ4n) is 2.38. The normalized spacial score (nSPS) is 19.6. The minimum absolute atomic E-state index is 0.193. The Morgan fingerprint density at radius 1 is 1.43 bits per heavy atom. The van der Waals surface area contributed by atoms with Gasteiger partial charge in [-0.2, -0.15) is 0 Å². The maximum Gasteiger partial charge on any atom is 0.306 e. The van der Waals surface area contributed by atoms with Crippen LogP contribution in [0.1, 0.15) is 44.4 Å². The van der Waals surface area contributed by atoms with Crippen LogP contribution in [-0.2, 0) is 20.7 Å². The number of hydrogen-bond acceptors (Lipinski definition) is 4. The minimum Gasteiger partial charge on any atom is -0.466 e. The summed E-state index contributed by atoms with van der Waals surface area (Å²) in [5, 5.41) is 13.2. The third kappa shape index (κ3) is 3.08. The Balaban J connectivity index is 2.18. The van der Waals surface area contributed by atoms with Crippen LogP contribution in [0.5, 0.6) is 0 Å². The second kappa shape index (κ2) is 5.85. The number of aliphatic hydroxyl groups excluding tert-OH is 1. The molecule has 1 aromatic rings. The van der Waals surface area contributed by atoms with E-state index in [1.165, 1.54) is 0 Å². The van der Waals surface area contributed by atoms with Gasteiger partial charge >= 0.3 is 5.97 Å². The van der Waals surface area contributed by atoms with Crippen LogP contribution in [0.15, 0.2) is 18.2 Å². The highest BCUT2D eigenvalue weighted by Crippen LogP contribution is 2.42. The molecule has 0 aromatic heterocycles. The number of benzene rings is 1. The molecule has 21 heavy (non-hydrogen) atoms. The van der Waals surface area contributed by atoms with E-state index in [0.29, 0.717) is 30.7 Å². The number of fused-ring (bicyclic) bond motifs is 1. The van der Waals surface area contributed by atoms with Crippen molar-refractivity contribution in [1.82, 2.24) is 0 Å². The molecule has 0 aliphatic carbocycles. The van der Waals surface area contributed by atoms with Gasteiger partial charge in [0.15, 0.2) is 0 Å². The highest BCUT2D eigenvalue weighted by Gasteiger charge is 2.41. The molecule has 0 saturated heterocycles. The van der Waals surface area contributed by atoms with Crippen LogP contribution in [0.3, 0.4) is 0 Å². The number of carbonyl (C=O) groups is 2. The molecule has 0 spiro atoms. The summed E-state index contributed by atoms with van der Waals surface area (Å²) in [6, 6.07) is 5.47. The predicted octanol–water partition coefficient (Wildman–Crippen LogP) is 2.19. The third-order valence-corrected chi connectivity index (χ3v) is 3.85. The number of anilines is 1. The summed E-state index contributed by atoms with van der Waals surface area (Å²) in [5.41, 5.74) is 1.40. The van der Waals surface area contributed by atoms with Crippen molar-refractivity contribution in [1.29, 1.82) is 0 Å². The van der Waals surface area contributed by atoms with E-state index < -0.39 is 11.5 Å². The molecule has 1 aliphatic heterocycles. The second-order valence-electron chi connectivity index (χ2n) is 5.80. The van der Waals surface area contributed by atoms with Crippen molar-refractivity contribution in [2.75, 3.05) is 11.9 Å². The first-order valence-corrected chi connectivity index (χ1v) is 7.14. The maximum absolute atomic E-state index is 11.9. The Morgan fingerprint density at radius 3 is 2.81 bits per heavy atom. The molecule has 0 unspecified atom stereocenters. The van der Waals surface area contributed by atoms with Gasteiger partial charge in [-0.25, -0.2) is 0 Å². The van der Waals surface area contributed by atoms with Gasteiger partial charge in [-0.05, 0) is 38.8 Å². The first kappa shape index (κ1) is 15.5. The molecule has 5 nitrogen and oxygen atoms in total. The molecule has 0 saturated carbocycles. The zero-order valence-electron chi connectivity index (χ0n) is 12.6. The molecule has 0 fully saturated rings. The van der Waals surface area contributed by atoms with Crippen LogP contribution >= 0.6 is 0 Å².